The Morgan fingerprint density at radius 3 is 2.86 bits per heavy atom. The minimum atomic E-state index is -0.0999. The van der Waals surface area contributed by atoms with E-state index >= 15 is 0 Å². The molecule has 0 saturated heterocycles. The van der Waals surface area contributed by atoms with Crippen molar-refractivity contribution in [2.75, 3.05) is 7.05 Å². The Bertz CT molecular complexity index is 774. The smallest absolute Gasteiger partial charge is 0.275 e. The first-order valence-electron chi connectivity index (χ1n) is 6.42. The van der Waals surface area contributed by atoms with E-state index < -0.39 is 0 Å². The summed E-state index contributed by atoms with van der Waals surface area (Å²) in [5.41, 5.74) is 2.20. The molecule has 0 saturated carbocycles. The van der Waals surface area contributed by atoms with E-state index in [9.17, 15) is 4.79 Å². The molecule has 108 valence electrons. The molecule has 0 aliphatic rings. The molecule has 3 rings (SSSR count). The summed E-state index contributed by atoms with van der Waals surface area (Å²) >= 11 is 2.12. The number of pyridine rings is 1. The summed E-state index contributed by atoms with van der Waals surface area (Å²) in [4.78, 5) is 18.5. The zero-order chi connectivity index (χ0) is 15.0. The van der Waals surface area contributed by atoms with Gasteiger partial charge in [0.25, 0.3) is 5.91 Å². The number of fused-ring (bicyclic) bond motifs is 1. The monoisotopic (exact) mass is 395 g/mol. The van der Waals surface area contributed by atoms with Crippen molar-refractivity contribution >= 4 is 34.1 Å². The lowest BCUT2D eigenvalue weighted by molar-refractivity contribution is 0.0776. The summed E-state index contributed by atoms with van der Waals surface area (Å²) in [6.45, 7) is 0.452. The van der Waals surface area contributed by atoms with E-state index in [1.807, 2.05) is 41.2 Å². The van der Waals surface area contributed by atoms with Crippen LogP contribution in [0.15, 0.2) is 36.8 Å². The second kappa shape index (κ2) is 5.47. The van der Waals surface area contributed by atoms with Crippen LogP contribution in [0.4, 0.5) is 0 Å². The van der Waals surface area contributed by atoms with Crippen LogP contribution in [0, 0.1) is 3.57 Å². The maximum absolute atomic E-state index is 12.4. The Kier molecular flexibility index (Phi) is 3.66. The number of carbonyl (C=O) groups is 1. The van der Waals surface area contributed by atoms with Gasteiger partial charge >= 0.3 is 0 Å². The van der Waals surface area contributed by atoms with Gasteiger partial charge in [0.05, 0.1) is 15.8 Å². The normalized spacial score (nSPS) is 11.0. The van der Waals surface area contributed by atoms with E-state index in [0.29, 0.717) is 12.2 Å². The molecule has 0 aliphatic carbocycles. The molecule has 6 nitrogen and oxygen atoms in total. The maximum atomic E-state index is 12.4. The summed E-state index contributed by atoms with van der Waals surface area (Å²) in [5, 5.41) is 4.21. The van der Waals surface area contributed by atoms with Gasteiger partial charge < -0.3 is 9.30 Å². The fourth-order valence-corrected chi connectivity index (χ4v) is 2.91. The number of carbonyl (C=O) groups excluding carboxylic acids is 1. The number of imidazole rings is 1. The van der Waals surface area contributed by atoms with Crippen molar-refractivity contribution in [2.24, 2.45) is 7.05 Å². The van der Waals surface area contributed by atoms with Crippen molar-refractivity contribution in [3.8, 4) is 0 Å². The van der Waals surface area contributed by atoms with Crippen LogP contribution in [0.3, 0.4) is 0 Å². The van der Waals surface area contributed by atoms with Crippen molar-refractivity contribution in [2.45, 2.75) is 6.54 Å². The molecule has 0 spiro atoms. The highest BCUT2D eigenvalue weighted by Crippen LogP contribution is 2.13. The molecule has 0 unspecified atom stereocenters. The number of aromatic nitrogens is 4. The van der Waals surface area contributed by atoms with E-state index in [2.05, 4.69) is 32.7 Å². The number of amides is 1. The summed E-state index contributed by atoms with van der Waals surface area (Å²) in [5.74, 6) is -0.0999. The Morgan fingerprint density at radius 1 is 1.38 bits per heavy atom. The fraction of sp³-hybridized carbons (Fsp3) is 0.214. The molecular formula is C14H14IN5O. The number of hydrogen-bond donors (Lipinski definition) is 0. The molecule has 3 heterocycles. The van der Waals surface area contributed by atoms with Crippen LogP contribution in [0.5, 0.6) is 0 Å². The molecule has 0 atom stereocenters. The standard InChI is InChI=1S/C14H14IN5O/c1-18(14(21)13-11(15)9-19(2)17-13)7-10-8-20-6-4-3-5-12(20)16-10/h3-6,8-9H,7H2,1-2H3. The zero-order valence-electron chi connectivity index (χ0n) is 11.7. The molecule has 1 amide bonds. The van der Waals surface area contributed by atoms with Crippen LogP contribution >= 0.6 is 22.6 Å². The lowest BCUT2D eigenvalue weighted by atomic mass is 10.3. The summed E-state index contributed by atoms with van der Waals surface area (Å²) in [7, 11) is 3.57. The highest BCUT2D eigenvalue weighted by molar-refractivity contribution is 14.1. The van der Waals surface area contributed by atoms with Crippen LogP contribution in [0.2, 0.25) is 0 Å². The molecule has 7 heteroatoms. The quantitative estimate of drug-likeness (QED) is 0.638. The number of halogens is 1. The Morgan fingerprint density at radius 2 is 2.19 bits per heavy atom. The van der Waals surface area contributed by atoms with Crippen molar-refractivity contribution in [3.05, 3.63) is 51.7 Å². The van der Waals surface area contributed by atoms with Crippen molar-refractivity contribution in [3.63, 3.8) is 0 Å². The largest absolute Gasteiger partial charge is 0.334 e. The van der Waals surface area contributed by atoms with Crippen LogP contribution < -0.4 is 0 Å². The van der Waals surface area contributed by atoms with Crippen LogP contribution in [-0.2, 0) is 13.6 Å². The number of rotatable bonds is 3. The lowest BCUT2D eigenvalue weighted by Gasteiger charge is -2.14. The molecule has 0 radical (unpaired) electrons. The number of nitrogens with zero attached hydrogens (tertiary/aromatic N) is 5. The highest BCUT2D eigenvalue weighted by Gasteiger charge is 2.19. The van der Waals surface area contributed by atoms with Gasteiger partial charge in [-0.25, -0.2) is 4.98 Å². The van der Waals surface area contributed by atoms with E-state index in [1.165, 1.54) is 0 Å². The van der Waals surface area contributed by atoms with Crippen molar-refractivity contribution in [1.29, 1.82) is 0 Å². The Balaban J connectivity index is 1.80. The second-order valence-electron chi connectivity index (χ2n) is 4.86. The van der Waals surface area contributed by atoms with Gasteiger partial charge in [0, 0.05) is 32.7 Å². The average molecular weight is 395 g/mol. The summed E-state index contributed by atoms with van der Waals surface area (Å²) in [6, 6.07) is 5.83. The zero-order valence-corrected chi connectivity index (χ0v) is 13.9. The van der Waals surface area contributed by atoms with Gasteiger partial charge in [-0.2, -0.15) is 5.10 Å². The van der Waals surface area contributed by atoms with Crippen molar-refractivity contribution < 1.29 is 4.79 Å². The Hall–Kier alpha value is -1.90. The molecule has 0 N–H and O–H groups in total. The van der Waals surface area contributed by atoms with Crippen LogP contribution in [0.25, 0.3) is 5.65 Å². The average Bonchev–Trinajstić information content (AvgIpc) is 3.00. The van der Waals surface area contributed by atoms with Gasteiger partial charge in [0.2, 0.25) is 0 Å². The number of hydrogen-bond acceptors (Lipinski definition) is 3. The first-order chi connectivity index (χ1) is 10.0. The third kappa shape index (κ3) is 2.78. The van der Waals surface area contributed by atoms with Gasteiger partial charge in [-0.05, 0) is 34.7 Å². The van der Waals surface area contributed by atoms with Gasteiger partial charge in [-0.1, -0.05) is 6.07 Å². The van der Waals surface area contributed by atoms with E-state index in [1.54, 1.807) is 23.7 Å². The van der Waals surface area contributed by atoms with E-state index in [-0.39, 0.29) is 5.91 Å². The summed E-state index contributed by atoms with van der Waals surface area (Å²) < 4.78 is 4.44. The first kappa shape index (κ1) is 14.1. The van der Waals surface area contributed by atoms with Gasteiger partial charge in [-0.3, -0.25) is 9.48 Å². The second-order valence-corrected chi connectivity index (χ2v) is 6.02. The van der Waals surface area contributed by atoms with E-state index in [0.717, 1.165) is 14.9 Å². The number of aryl methyl sites for hydroxylation is 1. The van der Waals surface area contributed by atoms with Gasteiger partial charge in [-0.15, -0.1) is 0 Å². The third-order valence-corrected chi connectivity index (χ3v) is 3.94. The fourth-order valence-electron chi connectivity index (χ4n) is 2.16. The predicted molar refractivity (Wildman–Crippen MR) is 86.9 cm³/mol. The minimum Gasteiger partial charge on any atom is -0.334 e. The molecule has 21 heavy (non-hydrogen) atoms. The molecule has 0 aromatic carbocycles. The van der Waals surface area contributed by atoms with Crippen LogP contribution in [0.1, 0.15) is 16.2 Å². The van der Waals surface area contributed by atoms with Gasteiger partial charge in [0.15, 0.2) is 5.69 Å². The lowest BCUT2D eigenvalue weighted by Crippen LogP contribution is -2.27. The molecule has 3 aromatic rings. The molecule has 3 aromatic heterocycles. The summed E-state index contributed by atoms with van der Waals surface area (Å²) in [6.07, 6.45) is 5.70. The Labute approximate surface area is 135 Å². The minimum absolute atomic E-state index is 0.0999. The highest BCUT2D eigenvalue weighted by atomic mass is 127. The molecular weight excluding hydrogens is 381 g/mol. The molecule has 0 fully saturated rings. The topological polar surface area (TPSA) is 55.4 Å². The third-order valence-electron chi connectivity index (χ3n) is 3.15. The van der Waals surface area contributed by atoms with Crippen molar-refractivity contribution in [1.82, 2.24) is 24.1 Å². The molecule has 0 aliphatic heterocycles. The predicted octanol–water partition coefficient (Wildman–Crippen LogP) is 1.94. The van der Waals surface area contributed by atoms with E-state index in [4.69, 9.17) is 0 Å². The first-order valence-corrected chi connectivity index (χ1v) is 7.49. The molecule has 0 bridgehead atoms. The van der Waals surface area contributed by atoms with Gasteiger partial charge in [0.1, 0.15) is 5.65 Å². The maximum Gasteiger partial charge on any atom is 0.275 e. The SMILES string of the molecule is CN(Cc1cn2ccccc2n1)C(=O)c1nn(C)cc1I. The van der Waals surface area contributed by atoms with Crippen LogP contribution in [-0.4, -0.2) is 37.0 Å².